The van der Waals surface area contributed by atoms with E-state index in [0.29, 0.717) is 13.0 Å². The first kappa shape index (κ1) is 25.2. The molecule has 1 atom stereocenters. The molecule has 1 rings (SSSR count). The maximum atomic E-state index is 12.2. The lowest BCUT2D eigenvalue weighted by atomic mass is 10.2. The number of nitrogens with one attached hydrogen (secondary N) is 3. The fourth-order valence-corrected chi connectivity index (χ4v) is 3.57. The molecule has 0 aromatic heterocycles. The third-order valence-electron chi connectivity index (χ3n) is 4.13. The normalized spacial score (nSPS) is 12.0. The van der Waals surface area contributed by atoms with Crippen molar-refractivity contribution < 1.29 is 27.9 Å². The summed E-state index contributed by atoms with van der Waals surface area (Å²) in [7, 11) is -2.31. The third-order valence-corrected chi connectivity index (χ3v) is 5.62. The summed E-state index contributed by atoms with van der Waals surface area (Å²) in [6.45, 7) is 0.367. The molecule has 1 unspecified atom stereocenters. The molecule has 1 amide bonds. The summed E-state index contributed by atoms with van der Waals surface area (Å²) in [4.78, 5) is 24.6. The average Bonchev–Trinajstić information content (AvgIpc) is 2.70. The number of carbonyl (C=O) groups is 2. The van der Waals surface area contributed by atoms with Gasteiger partial charge in [-0.3, -0.25) is 10.2 Å². The van der Waals surface area contributed by atoms with Crippen molar-refractivity contribution in [1.29, 1.82) is 5.41 Å². The van der Waals surface area contributed by atoms with Gasteiger partial charge >= 0.3 is 12.1 Å². The van der Waals surface area contributed by atoms with Crippen LogP contribution in [-0.4, -0.2) is 69.2 Å². The second-order valence-electron chi connectivity index (χ2n) is 6.56. The Morgan fingerprint density at radius 3 is 2.43 bits per heavy atom. The van der Waals surface area contributed by atoms with E-state index in [4.69, 9.17) is 15.9 Å². The van der Waals surface area contributed by atoms with E-state index >= 15 is 0 Å². The number of aliphatic carboxylic acids is 1. The zero-order valence-corrected chi connectivity index (χ0v) is 17.7. The smallest absolute Gasteiger partial charge is 0.407 e. The number of carboxylic acid groups (broad SMARTS) is 1. The number of hydrogen-bond acceptors (Lipinski definition) is 6. The maximum absolute atomic E-state index is 12.2. The molecule has 0 saturated heterocycles. The van der Waals surface area contributed by atoms with E-state index in [2.05, 4.69) is 5.32 Å². The van der Waals surface area contributed by atoms with Gasteiger partial charge in [-0.2, -0.15) is 4.72 Å². The Morgan fingerprint density at radius 1 is 1.20 bits per heavy atom. The molecule has 0 spiro atoms. The topological polar surface area (TPSA) is 175 Å². The molecule has 0 aliphatic heterocycles. The van der Waals surface area contributed by atoms with Gasteiger partial charge in [0.05, 0.1) is 11.5 Å². The first-order valence-corrected chi connectivity index (χ1v) is 10.9. The molecule has 0 radical (unpaired) electrons. The van der Waals surface area contributed by atoms with Gasteiger partial charge in [0.2, 0.25) is 10.0 Å². The zero-order valence-electron chi connectivity index (χ0n) is 16.8. The molecule has 12 heteroatoms. The lowest BCUT2D eigenvalue weighted by molar-refractivity contribution is -0.138. The van der Waals surface area contributed by atoms with Gasteiger partial charge in [-0.1, -0.05) is 24.6 Å². The third kappa shape index (κ3) is 9.56. The summed E-state index contributed by atoms with van der Waals surface area (Å²) in [5, 5.41) is 18.7. The molecule has 0 heterocycles. The van der Waals surface area contributed by atoms with Crippen LogP contribution in [0.5, 0.6) is 0 Å². The van der Waals surface area contributed by atoms with Gasteiger partial charge in [-0.25, -0.2) is 13.2 Å². The molecule has 1 aromatic rings. The van der Waals surface area contributed by atoms with E-state index < -0.39 is 34.7 Å². The van der Waals surface area contributed by atoms with E-state index in [1.165, 1.54) is 24.3 Å². The number of ether oxygens (including phenoxy) is 1. The minimum absolute atomic E-state index is 0.0146. The molecule has 0 saturated carbocycles. The fraction of sp³-hybridized carbons (Fsp3) is 0.500. The number of amides is 1. The van der Waals surface area contributed by atoms with Crippen molar-refractivity contribution in [2.45, 2.75) is 36.6 Å². The summed E-state index contributed by atoms with van der Waals surface area (Å²) < 4.78 is 31.5. The lowest BCUT2D eigenvalue weighted by Gasteiger charge is -2.16. The van der Waals surface area contributed by atoms with Crippen LogP contribution in [0.15, 0.2) is 35.2 Å². The SMILES string of the molecule is CN(CCCCCCOC(=O)NCC(NS(=O)(=O)c1ccccc1)C(=O)O)C(=N)N. The predicted octanol–water partition coefficient (Wildman–Crippen LogP) is 0.530. The van der Waals surface area contributed by atoms with Gasteiger partial charge in [0.25, 0.3) is 0 Å². The van der Waals surface area contributed by atoms with Crippen LogP contribution in [0.2, 0.25) is 0 Å². The van der Waals surface area contributed by atoms with Gasteiger partial charge in [-0.05, 0) is 31.4 Å². The van der Waals surface area contributed by atoms with Gasteiger partial charge in [0.1, 0.15) is 6.04 Å². The number of alkyl carbamates (subject to hydrolysis) is 1. The predicted molar refractivity (Wildman–Crippen MR) is 111 cm³/mol. The molecule has 6 N–H and O–H groups in total. The summed E-state index contributed by atoms with van der Waals surface area (Å²) in [5.74, 6) is -1.41. The quantitative estimate of drug-likeness (QED) is 0.167. The van der Waals surface area contributed by atoms with Crippen molar-refractivity contribution >= 4 is 28.0 Å². The highest BCUT2D eigenvalue weighted by Crippen LogP contribution is 2.08. The molecule has 0 aliphatic rings. The average molecular weight is 444 g/mol. The fourth-order valence-electron chi connectivity index (χ4n) is 2.36. The van der Waals surface area contributed by atoms with Gasteiger partial charge in [-0.15, -0.1) is 0 Å². The number of carboxylic acids is 1. The Balaban J connectivity index is 2.30. The molecule has 30 heavy (non-hydrogen) atoms. The summed E-state index contributed by atoms with van der Waals surface area (Å²) in [6.07, 6.45) is 2.35. The van der Waals surface area contributed by atoms with E-state index in [9.17, 15) is 23.1 Å². The molecule has 168 valence electrons. The number of nitrogens with zero attached hydrogens (tertiary/aromatic N) is 1. The van der Waals surface area contributed by atoms with Crippen molar-refractivity contribution in [3.63, 3.8) is 0 Å². The van der Waals surface area contributed by atoms with Crippen LogP contribution in [0, 0.1) is 5.41 Å². The van der Waals surface area contributed by atoms with Crippen LogP contribution in [0.1, 0.15) is 25.7 Å². The zero-order chi connectivity index (χ0) is 22.6. The molecule has 0 fully saturated rings. The van der Waals surface area contributed by atoms with E-state index in [-0.39, 0.29) is 17.5 Å². The number of unbranched alkanes of at least 4 members (excludes halogenated alkanes) is 3. The number of guanidine groups is 1. The summed E-state index contributed by atoms with van der Waals surface area (Å²) in [6, 6.07) is 5.79. The second kappa shape index (κ2) is 12.6. The molecule has 0 bridgehead atoms. The number of hydrogen-bond donors (Lipinski definition) is 5. The lowest BCUT2D eigenvalue weighted by Crippen LogP contribution is -2.48. The Hall–Kier alpha value is -2.86. The summed E-state index contributed by atoms with van der Waals surface area (Å²) >= 11 is 0. The van der Waals surface area contributed by atoms with Crippen molar-refractivity contribution in [1.82, 2.24) is 14.9 Å². The first-order valence-electron chi connectivity index (χ1n) is 9.39. The van der Waals surface area contributed by atoms with E-state index in [0.717, 1.165) is 19.3 Å². The molecule has 0 aliphatic carbocycles. The van der Waals surface area contributed by atoms with E-state index in [1.807, 2.05) is 4.72 Å². The standard InChI is InChI=1S/C18H29N5O6S/c1-23(17(19)20)11-7-2-3-8-12-29-18(26)21-13-15(16(24)25)22-30(27,28)14-9-5-4-6-10-14/h4-6,9-10,15,22H,2-3,7-8,11-13H2,1H3,(H3,19,20)(H,21,26)(H,24,25). The van der Waals surface area contributed by atoms with Crippen LogP contribution < -0.4 is 15.8 Å². The molecular weight excluding hydrogens is 414 g/mol. The number of sulfonamides is 1. The highest BCUT2D eigenvalue weighted by atomic mass is 32.2. The maximum Gasteiger partial charge on any atom is 0.407 e. The van der Waals surface area contributed by atoms with Crippen LogP contribution in [0.3, 0.4) is 0 Å². The molecule has 1 aromatic carbocycles. The minimum Gasteiger partial charge on any atom is -0.480 e. The van der Waals surface area contributed by atoms with Crippen LogP contribution in [-0.2, 0) is 19.6 Å². The second-order valence-corrected chi connectivity index (χ2v) is 8.28. The van der Waals surface area contributed by atoms with Crippen LogP contribution >= 0.6 is 0 Å². The Morgan fingerprint density at radius 2 is 1.83 bits per heavy atom. The van der Waals surface area contributed by atoms with Gasteiger partial charge in [0.15, 0.2) is 5.96 Å². The molecular formula is C18H29N5O6S. The number of benzene rings is 1. The Kier molecular flexibility index (Phi) is 10.6. The highest BCUT2D eigenvalue weighted by Gasteiger charge is 2.25. The van der Waals surface area contributed by atoms with Crippen LogP contribution in [0.4, 0.5) is 4.79 Å². The Labute approximate surface area is 176 Å². The monoisotopic (exact) mass is 443 g/mol. The van der Waals surface area contributed by atoms with Gasteiger partial charge < -0.3 is 25.8 Å². The van der Waals surface area contributed by atoms with Crippen molar-refractivity contribution in [3.8, 4) is 0 Å². The molecule has 11 nitrogen and oxygen atoms in total. The van der Waals surface area contributed by atoms with Crippen molar-refractivity contribution in [3.05, 3.63) is 30.3 Å². The number of carbonyl (C=O) groups excluding carboxylic acids is 1. The van der Waals surface area contributed by atoms with Crippen LogP contribution in [0.25, 0.3) is 0 Å². The number of rotatable bonds is 13. The highest BCUT2D eigenvalue weighted by molar-refractivity contribution is 7.89. The van der Waals surface area contributed by atoms with Crippen molar-refractivity contribution in [2.75, 3.05) is 26.7 Å². The number of nitrogens with two attached hydrogens (primary N) is 1. The largest absolute Gasteiger partial charge is 0.480 e. The van der Waals surface area contributed by atoms with E-state index in [1.54, 1.807) is 18.0 Å². The summed E-state index contributed by atoms with van der Waals surface area (Å²) in [5.41, 5.74) is 5.33. The Bertz CT molecular complexity index is 803. The van der Waals surface area contributed by atoms with Gasteiger partial charge in [0, 0.05) is 20.1 Å². The van der Waals surface area contributed by atoms with Crippen molar-refractivity contribution in [2.24, 2.45) is 5.73 Å². The first-order chi connectivity index (χ1) is 14.1. The minimum atomic E-state index is -4.04.